The maximum Gasteiger partial charge on any atom is 0.183 e. The van der Waals surface area contributed by atoms with Crippen molar-refractivity contribution in [3.8, 4) is 5.75 Å². The van der Waals surface area contributed by atoms with Crippen LogP contribution in [0.4, 0.5) is 11.5 Å². The standard InChI is InChI=1S/C22H22N4O/c1-14-11-12-26-19(13-14)23-20(22(2,3)4)21(26)25-24-17-9-5-8-16-15(17)7-6-10-18(16)27/h5-13,27H,1-4H3. The molecule has 0 aliphatic heterocycles. The van der Waals surface area contributed by atoms with E-state index in [2.05, 4.69) is 37.9 Å². The van der Waals surface area contributed by atoms with Gasteiger partial charge in [0, 0.05) is 22.4 Å². The van der Waals surface area contributed by atoms with Crippen LogP contribution in [0, 0.1) is 6.92 Å². The number of hydrogen-bond donors (Lipinski definition) is 1. The second kappa shape index (κ2) is 6.20. The summed E-state index contributed by atoms with van der Waals surface area (Å²) >= 11 is 0. The van der Waals surface area contributed by atoms with Crippen LogP contribution in [0.2, 0.25) is 0 Å². The van der Waals surface area contributed by atoms with Gasteiger partial charge in [-0.1, -0.05) is 45.0 Å². The molecule has 2 aromatic heterocycles. The lowest BCUT2D eigenvalue weighted by Crippen LogP contribution is -2.11. The van der Waals surface area contributed by atoms with Crippen molar-refractivity contribution in [2.75, 3.05) is 0 Å². The molecule has 0 saturated heterocycles. The first-order chi connectivity index (χ1) is 12.8. The van der Waals surface area contributed by atoms with E-state index in [-0.39, 0.29) is 11.2 Å². The van der Waals surface area contributed by atoms with Crippen LogP contribution in [0.1, 0.15) is 32.0 Å². The van der Waals surface area contributed by atoms with Gasteiger partial charge in [0.2, 0.25) is 0 Å². The second-order valence-electron chi connectivity index (χ2n) is 7.82. The molecule has 2 aromatic carbocycles. The van der Waals surface area contributed by atoms with Crippen LogP contribution in [-0.4, -0.2) is 14.5 Å². The summed E-state index contributed by atoms with van der Waals surface area (Å²) < 4.78 is 1.97. The van der Waals surface area contributed by atoms with E-state index in [0.717, 1.165) is 33.5 Å². The first-order valence-electron chi connectivity index (χ1n) is 8.96. The number of aryl methyl sites for hydroxylation is 1. The predicted molar refractivity (Wildman–Crippen MR) is 108 cm³/mol. The number of phenols is 1. The van der Waals surface area contributed by atoms with Crippen LogP contribution in [-0.2, 0) is 5.41 Å². The van der Waals surface area contributed by atoms with Crippen LogP contribution in [0.3, 0.4) is 0 Å². The molecule has 0 radical (unpaired) electrons. The van der Waals surface area contributed by atoms with Gasteiger partial charge < -0.3 is 5.11 Å². The van der Waals surface area contributed by atoms with Crippen LogP contribution >= 0.6 is 0 Å². The number of phenolic OH excluding ortho intramolecular Hbond substituents is 1. The maximum absolute atomic E-state index is 10.1. The molecule has 27 heavy (non-hydrogen) atoms. The third kappa shape index (κ3) is 3.05. The van der Waals surface area contributed by atoms with Crippen LogP contribution in [0.5, 0.6) is 5.75 Å². The van der Waals surface area contributed by atoms with Crippen LogP contribution in [0.15, 0.2) is 65.0 Å². The fourth-order valence-corrected chi connectivity index (χ4v) is 3.20. The average molecular weight is 358 g/mol. The van der Waals surface area contributed by atoms with E-state index in [0.29, 0.717) is 5.69 Å². The fourth-order valence-electron chi connectivity index (χ4n) is 3.20. The first kappa shape index (κ1) is 17.2. The fraction of sp³-hybridized carbons (Fsp3) is 0.227. The molecule has 0 aliphatic rings. The Morgan fingerprint density at radius 1 is 0.963 bits per heavy atom. The summed E-state index contributed by atoms with van der Waals surface area (Å²) in [5.41, 5.74) is 3.47. The number of fused-ring (bicyclic) bond motifs is 2. The molecule has 0 atom stereocenters. The number of hydrogen-bond acceptors (Lipinski definition) is 4. The number of nitrogens with zero attached hydrogens (tertiary/aromatic N) is 4. The highest BCUT2D eigenvalue weighted by Gasteiger charge is 2.24. The van der Waals surface area contributed by atoms with Crippen LogP contribution < -0.4 is 0 Å². The van der Waals surface area contributed by atoms with Gasteiger partial charge in [-0.15, -0.1) is 10.2 Å². The number of rotatable bonds is 2. The summed E-state index contributed by atoms with van der Waals surface area (Å²) in [6, 6.07) is 15.2. The highest BCUT2D eigenvalue weighted by molar-refractivity contribution is 5.96. The third-order valence-electron chi connectivity index (χ3n) is 4.60. The smallest absolute Gasteiger partial charge is 0.183 e. The van der Waals surface area contributed by atoms with Crippen molar-refractivity contribution < 1.29 is 5.11 Å². The average Bonchev–Trinajstić information content (AvgIpc) is 2.98. The van der Waals surface area contributed by atoms with Crippen LogP contribution in [0.25, 0.3) is 16.4 Å². The molecule has 136 valence electrons. The maximum atomic E-state index is 10.1. The van der Waals surface area contributed by atoms with Gasteiger partial charge in [0.05, 0.1) is 11.4 Å². The zero-order valence-corrected chi connectivity index (χ0v) is 15.9. The molecule has 0 saturated carbocycles. The lowest BCUT2D eigenvalue weighted by atomic mass is 9.92. The summed E-state index contributed by atoms with van der Waals surface area (Å²) in [4.78, 5) is 4.80. The van der Waals surface area contributed by atoms with E-state index in [9.17, 15) is 5.11 Å². The Bertz CT molecular complexity index is 1180. The Labute approximate surface area is 158 Å². The van der Waals surface area contributed by atoms with Crippen molar-refractivity contribution in [1.29, 1.82) is 0 Å². The summed E-state index contributed by atoms with van der Waals surface area (Å²) in [6.07, 6.45) is 1.98. The van der Waals surface area contributed by atoms with Gasteiger partial charge in [0.15, 0.2) is 5.82 Å². The van der Waals surface area contributed by atoms with Gasteiger partial charge in [0.1, 0.15) is 11.4 Å². The van der Waals surface area contributed by atoms with Gasteiger partial charge >= 0.3 is 0 Å². The number of pyridine rings is 1. The molecule has 0 amide bonds. The number of benzene rings is 2. The van der Waals surface area contributed by atoms with E-state index >= 15 is 0 Å². The Balaban J connectivity index is 1.90. The minimum atomic E-state index is -0.161. The van der Waals surface area contributed by atoms with Gasteiger partial charge in [0.25, 0.3) is 0 Å². The minimum Gasteiger partial charge on any atom is -0.507 e. The summed E-state index contributed by atoms with van der Waals surface area (Å²) in [5.74, 6) is 0.972. The second-order valence-corrected chi connectivity index (χ2v) is 7.82. The van der Waals surface area contributed by atoms with Gasteiger partial charge in [-0.25, -0.2) is 4.98 Å². The Kier molecular flexibility index (Phi) is 3.95. The minimum absolute atomic E-state index is 0.161. The van der Waals surface area contributed by atoms with Gasteiger partial charge in [-0.2, -0.15) is 0 Å². The highest BCUT2D eigenvalue weighted by atomic mass is 16.3. The first-order valence-corrected chi connectivity index (χ1v) is 8.96. The molecule has 5 nitrogen and oxygen atoms in total. The summed E-state index contributed by atoms with van der Waals surface area (Å²) in [6.45, 7) is 8.42. The summed E-state index contributed by atoms with van der Waals surface area (Å²) in [5, 5.41) is 20.8. The quantitative estimate of drug-likeness (QED) is 0.433. The molecule has 0 bridgehead atoms. The number of aromatic nitrogens is 2. The Morgan fingerprint density at radius 3 is 2.48 bits per heavy atom. The lowest BCUT2D eigenvalue weighted by Gasteiger charge is -2.15. The monoisotopic (exact) mass is 358 g/mol. The molecular formula is C22H22N4O. The van der Waals surface area contributed by atoms with Crippen molar-refractivity contribution in [3.63, 3.8) is 0 Å². The van der Waals surface area contributed by atoms with E-state index in [1.165, 1.54) is 0 Å². The molecule has 0 aliphatic carbocycles. The molecule has 1 N–H and O–H groups in total. The number of imidazole rings is 1. The normalized spacial score (nSPS) is 12.4. The van der Waals surface area contributed by atoms with Crippen molar-refractivity contribution >= 4 is 27.9 Å². The zero-order chi connectivity index (χ0) is 19.2. The zero-order valence-electron chi connectivity index (χ0n) is 15.9. The Morgan fingerprint density at radius 2 is 1.70 bits per heavy atom. The van der Waals surface area contributed by atoms with E-state index in [1.54, 1.807) is 6.07 Å². The largest absolute Gasteiger partial charge is 0.507 e. The van der Waals surface area contributed by atoms with Crippen molar-refractivity contribution in [2.24, 2.45) is 10.2 Å². The van der Waals surface area contributed by atoms with Crippen molar-refractivity contribution in [3.05, 3.63) is 66.0 Å². The molecule has 4 rings (SSSR count). The summed E-state index contributed by atoms with van der Waals surface area (Å²) in [7, 11) is 0. The number of azo groups is 1. The third-order valence-corrected chi connectivity index (χ3v) is 4.60. The molecule has 0 spiro atoms. The topological polar surface area (TPSA) is 62.2 Å². The molecule has 0 fully saturated rings. The molecule has 5 heteroatoms. The number of aromatic hydroxyl groups is 1. The van der Waals surface area contributed by atoms with E-state index in [1.807, 2.05) is 53.1 Å². The Hall–Kier alpha value is -3.21. The van der Waals surface area contributed by atoms with Gasteiger partial charge in [-0.3, -0.25) is 4.40 Å². The lowest BCUT2D eigenvalue weighted by molar-refractivity contribution is 0.481. The SMILES string of the molecule is Cc1ccn2c(N=Nc3cccc4c(O)cccc34)c(C(C)(C)C)nc2c1. The van der Waals surface area contributed by atoms with Crippen molar-refractivity contribution in [2.45, 2.75) is 33.1 Å². The predicted octanol–water partition coefficient (Wildman–Crippen LogP) is 6.21. The molecule has 0 unspecified atom stereocenters. The highest BCUT2D eigenvalue weighted by Crippen LogP contribution is 2.35. The molecule has 2 heterocycles. The van der Waals surface area contributed by atoms with Gasteiger partial charge in [-0.05, 0) is 36.8 Å². The van der Waals surface area contributed by atoms with E-state index < -0.39 is 0 Å². The molecular weight excluding hydrogens is 336 g/mol. The van der Waals surface area contributed by atoms with E-state index in [4.69, 9.17) is 4.98 Å². The van der Waals surface area contributed by atoms with Crippen molar-refractivity contribution in [1.82, 2.24) is 9.38 Å². The molecule has 4 aromatic rings.